The number of para-hydroxylation sites is 1. The predicted molar refractivity (Wildman–Crippen MR) is 109 cm³/mol. The highest BCUT2D eigenvalue weighted by Gasteiger charge is 2.20. The Labute approximate surface area is 166 Å². The number of benzene rings is 2. The number of carbonyl (C=O) groups excluding carboxylic acids is 1. The van der Waals surface area contributed by atoms with E-state index < -0.39 is 11.6 Å². The molecule has 0 bridgehead atoms. The zero-order valence-corrected chi connectivity index (χ0v) is 16.1. The average molecular weight is 389 g/mol. The van der Waals surface area contributed by atoms with Crippen LogP contribution in [0.15, 0.2) is 63.8 Å². The van der Waals surface area contributed by atoms with Gasteiger partial charge in [-0.2, -0.15) is 0 Å². The molecule has 0 atom stereocenters. The molecule has 0 saturated heterocycles. The summed E-state index contributed by atoms with van der Waals surface area (Å²) in [6.07, 6.45) is 0. The Morgan fingerprint density at radius 1 is 1.10 bits per heavy atom. The van der Waals surface area contributed by atoms with Gasteiger partial charge in [-0.05, 0) is 43.7 Å². The van der Waals surface area contributed by atoms with Gasteiger partial charge in [0.25, 0.3) is 0 Å². The average Bonchev–Trinajstić information content (AvgIpc) is 2.72. The molecule has 6 heteroatoms. The molecule has 0 amide bonds. The highest BCUT2D eigenvalue weighted by atomic mass is 16.5. The minimum atomic E-state index is -0.425. The van der Waals surface area contributed by atoms with E-state index in [9.17, 15) is 9.59 Å². The molecule has 2 aromatic carbocycles. The van der Waals surface area contributed by atoms with Crippen LogP contribution >= 0.6 is 0 Å². The zero-order valence-electron chi connectivity index (χ0n) is 16.1. The van der Waals surface area contributed by atoms with Crippen molar-refractivity contribution in [1.29, 1.82) is 0 Å². The van der Waals surface area contributed by atoms with Crippen LogP contribution < -0.4 is 10.4 Å². The molecule has 0 aliphatic carbocycles. The lowest BCUT2D eigenvalue weighted by Gasteiger charge is -2.14. The van der Waals surface area contributed by atoms with E-state index in [1.54, 1.807) is 31.2 Å². The summed E-state index contributed by atoms with van der Waals surface area (Å²) in [4.78, 5) is 28.7. The van der Waals surface area contributed by atoms with E-state index >= 15 is 0 Å². The topological polar surface area (TPSA) is 78.6 Å². The van der Waals surface area contributed by atoms with Crippen LogP contribution in [-0.4, -0.2) is 17.6 Å². The van der Waals surface area contributed by atoms with Gasteiger partial charge in [-0.25, -0.2) is 14.6 Å². The highest BCUT2D eigenvalue weighted by Crippen LogP contribution is 2.26. The third-order valence-electron chi connectivity index (χ3n) is 4.68. The zero-order chi connectivity index (χ0) is 20.4. The molecule has 0 radical (unpaired) electrons. The smallest absolute Gasteiger partial charge is 0.340 e. The fourth-order valence-electron chi connectivity index (χ4n) is 3.30. The summed E-state index contributed by atoms with van der Waals surface area (Å²) < 4.78 is 16.3. The summed E-state index contributed by atoms with van der Waals surface area (Å²) in [5.74, 6) is 0.0839. The summed E-state index contributed by atoms with van der Waals surface area (Å²) in [6, 6.07) is 15.9. The molecule has 0 N–H and O–H groups in total. The van der Waals surface area contributed by atoms with E-state index in [-0.39, 0.29) is 13.2 Å². The van der Waals surface area contributed by atoms with E-state index in [0.717, 1.165) is 21.9 Å². The number of aromatic nitrogens is 1. The fourth-order valence-corrected chi connectivity index (χ4v) is 3.30. The van der Waals surface area contributed by atoms with Crippen molar-refractivity contribution in [1.82, 2.24) is 4.98 Å². The monoisotopic (exact) mass is 389 g/mol. The van der Waals surface area contributed by atoms with Crippen LogP contribution in [0.3, 0.4) is 0 Å². The third kappa shape index (κ3) is 3.69. The molecule has 4 aromatic rings. The Balaban J connectivity index is 1.72. The van der Waals surface area contributed by atoms with Crippen LogP contribution in [0.25, 0.3) is 21.9 Å². The molecule has 146 valence electrons. The molecule has 29 heavy (non-hydrogen) atoms. The van der Waals surface area contributed by atoms with Crippen LogP contribution in [-0.2, 0) is 11.3 Å². The van der Waals surface area contributed by atoms with Crippen molar-refractivity contribution in [2.75, 3.05) is 6.61 Å². The standard InChI is InChI=1S/C23H19NO5/c1-3-27-23(26)22-14(2)17-6-4-5-7-18(17)24-19(22)13-28-16-10-8-15-9-11-21(25)29-20(15)12-16/h4-12H,3,13H2,1-2H3. The number of fused-ring (bicyclic) bond motifs is 2. The number of ether oxygens (including phenoxy) is 2. The first-order valence-electron chi connectivity index (χ1n) is 9.29. The Morgan fingerprint density at radius 3 is 2.72 bits per heavy atom. The second-order valence-corrected chi connectivity index (χ2v) is 6.54. The summed E-state index contributed by atoms with van der Waals surface area (Å²) >= 11 is 0. The lowest BCUT2D eigenvalue weighted by atomic mass is 10.0. The molecule has 6 nitrogen and oxygen atoms in total. The van der Waals surface area contributed by atoms with Gasteiger partial charge in [-0.1, -0.05) is 18.2 Å². The van der Waals surface area contributed by atoms with Crippen LogP contribution in [0.2, 0.25) is 0 Å². The maximum absolute atomic E-state index is 12.6. The predicted octanol–water partition coefficient (Wildman–Crippen LogP) is 4.41. The summed E-state index contributed by atoms with van der Waals surface area (Å²) in [5.41, 5.74) is 2.50. The minimum absolute atomic E-state index is 0.0718. The van der Waals surface area contributed by atoms with Crippen LogP contribution in [0, 0.1) is 6.92 Å². The first-order valence-corrected chi connectivity index (χ1v) is 9.29. The number of pyridine rings is 1. The third-order valence-corrected chi connectivity index (χ3v) is 4.68. The van der Waals surface area contributed by atoms with Gasteiger partial charge in [0.1, 0.15) is 17.9 Å². The van der Waals surface area contributed by atoms with Gasteiger partial charge in [-0.3, -0.25) is 0 Å². The molecule has 0 spiro atoms. The van der Waals surface area contributed by atoms with E-state index in [4.69, 9.17) is 13.9 Å². The first-order chi connectivity index (χ1) is 14.1. The number of carbonyl (C=O) groups is 1. The lowest BCUT2D eigenvalue weighted by Crippen LogP contribution is -2.14. The molecular formula is C23H19NO5. The van der Waals surface area contributed by atoms with E-state index in [1.165, 1.54) is 6.07 Å². The maximum Gasteiger partial charge on any atom is 0.340 e. The van der Waals surface area contributed by atoms with Crippen molar-refractivity contribution in [3.05, 3.63) is 81.8 Å². The van der Waals surface area contributed by atoms with Crippen LogP contribution in [0.1, 0.15) is 28.5 Å². The van der Waals surface area contributed by atoms with E-state index in [0.29, 0.717) is 22.6 Å². The second kappa shape index (κ2) is 7.75. The van der Waals surface area contributed by atoms with Gasteiger partial charge in [0.15, 0.2) is 0 Å². The summed E-state index contributed by atoms with van der Waals surface area (Å²) in [7, 11) is 0. The largest absolute Gasteiger partial charge is 0.487 e. The van der Waals surface area contributed by atoms with Gasteiger partial charge in [0, 0.05) is 22.9 Å². The number of hydrogen-bond donors (Lipinski definition) is 0. The molecule has 2 aromatic heterocycles. The number of aryl methyl sites for hydroxylation is 1. The number of hydrogen-bond acceptors (Lipinski definition) is 6. The molecule has 4 rings (SSSR count). The van der Waals surface area contributed by atoms with Crippen molar-refractivity contribution in [3.8, 4) is 5.75 Å². The minimum Gasteiger partial charge on any atom is -0.487 e. The number of rotatable bonds is 5. The van der Waals surface area contributed by atoms with Crippen molar-refractivity contribution >= 4 is 27.8 Å². The normalized spacial score (nSPS) is 11.0. The molecule has 0 aliphatic rings. The van der Waals surface area contributed by atoms with Crippen molar-refractivity contribution in [3.63, 3.8) is 0 Å². The highest BCUT2D eigenvalue weighted by molar-refractivity contribution is 5.98. The molecular weight excluding hydrogens is 370 g/mol. The van der Waals surface area contributed by atoms with E-state index in [2.05, 4.69) is 4.98 Å². The molecule has 0 aliphatic heterocycles. The molecule has 0 saturated carbocycles. The van der Waals surface area contributed by atoms with Gasteiger partial charge >= 0.3 is 11.6 Å². The van der Waals surface area contributed by atoms with Crippen LogP contribution in [0.5, 0.6) is 5.75 Å². The second-order valence-electron chi connectivity index (χ2n) is 6.54. The summed E-state index contributed by atoms with van der Waals surface area (Å²) in [6.45, 7) is 3.99. The Hall–Kier alpha value is -3.67. The lowest BCUT2D eigenvalue weighted by molar-refractivity contribution is 0.0522. The Bertz CT molecular complexity index is 1280. The number of esters is 1. The van der Waals surface area contributed by atoms with Gasteiger partial charge in [0.05, 0.1) is 23.4 Å². The molecule has 2 heterocycles. The fraction of sp³-hybridized carbons (Fsp3) is 0.174. The van der Waals surface area contributed by atoms with Crippen molar-refractivity contribution in [2.24, 2.45) is 0 Å². The summed E-state index contributed by atoms with van der Waals surface area (Å²) in [5, 5.41) is 1.69. The maximum atomic E-state index is 12.6. The van der Waals surface area contributed by atoms with Crippen molar-refractivity contribution < 1.29 is 18.7 Å². The van der Waals surface area contributed by atoms with Crippen molar-refractivity contribution in [2.45, 2.75) is 20.5 Å². The van der Waals surface area contributed by atoms with Crippen LogP contribution in [0.4, 0.5) is 0 Å². The number of nitrogens with zero attached hydrogens (tertiary/aromatic N) is 1. The van der Waals surface area contributed by atoms with Gasteiger partial charge < -0.3 is 13.9 Å². The molecule has 0 fully saturated rings. The first kappa shape index (κ1) is 18.7. The SMILES string of the molecule is CCOC(=O)c1c(COc2ccc3ccc(=O)oc3c2)nc2ccccc2c1C. The van der Waals surface area contributed by atoms with Gasteiger partial charge in [-0.15, -0.1) is 0 Å². The quantitative estimate of drug-likeness (QED) is 0.372. The Kier molecular flexibility index (Phi) is 4.99. The van der Waals surface area contributed by atoms with Gasteiger partial charge in [0.2, 0.25) is 0 Å². The van der Waals surface area contributed by atoms with E-state index in [1.807, 2.05) is 31.2 Å². The molecule has 0 unspecified atom stereocenters. The Morgan fingerprint density at radius 2 is 1.90 bits per heavy atom.